The van der Waals surface area contributed by atoms with Crippen LogP contribution in [0.15, 0.2) is 48.8 Å². The molecule has 0 radical (unpaired) electrons. The molecule has 5 nitrogen and oxygen atoms in total. The van der Waals surface area contributed by atoms with Crippen molar-refractivity contribution in [3.05, 3.63) is 65.7 Å². The number of benzene rings is 1. The number of rotatable bonds is 4. The summed E-state index contributed by atoms with van der Waals surface area (Å²) in [5.74, 6) is -2.45. The van der Waals surface area contributed by atoms with Crippen LogP contribution < -0.4 is 5.32 Å². The van der Waals surface area contributed by atoms with E-state index >= 15 is 0 Å². The van der Waals surface area contributed by atoms with Crippen molar-refractivity contribution in [1.82, 2.24) is 10.3 Å². The van der Waals surface area contributed by atoms with Crippen LogP contribution in [0.25, 0.3) is 0 Å². The van der Waals surface area contributed by atoms with E-state index in [0.29, 0.717) is 5.56 Å². The Morgan fingerprint density at radius 1 is 1.25 bits per heavy atom. The Morgan fingerprint density at radius 3 is 2.65 bits per heavy atom. The average Bonchev–Trinajstić information content (AvgIpc) is 2.45. The highest BCUT2D eigenvalue weighted by Gasteiger charge is 2.22. The highest BCUT2D eigenvalue weighted by Crippen LogP contribution is 2.13. The van der Waals surface area contributed by atoms with E-state index in [0.717, 1.165) is 6.07 Å². The zero-order valence-electron chi connectivity index (χ0n) is 10.3. The zero-order chi connectivity index (χ0) is 14.5. The van der Waals surface area contributed by atoms with Gasteiger partial charge in [-0.3, -0.25) is 9.78 Å². The van der Waals surface area contributed by atoms with Gasteiger partial charge in [-0.05, 0) is 24.3 Å². The molecular weight excluding hydrogens is 263 g/mol. The van der Waals surface area contributed by atoms with Gasteiger partial charge in [0.1, 0.15) is 5.82 Å². The summed E-state index contributed by atoms with van der Waals surface area (Å²) >= 11 is 0. The van der Waals surface area contributed by atoms with Gasteiger partial charge in [0, 0.05) is 23.5 Å². The maximum Gasteiger partial charge on any atom is 0.330 e. The monoisotopic (exact) mass is 274 g/mol. The molecule has 1 unspecified atom stereocenters. The van der Waals surface area contributed by atoms with Crippen LogP contribution in [-0.2, 0) is 4.79 Å². The molecule has 0 bridgehead atoms. The lowest BCUT2D eigenvalue weighted by molar-refractivity contribution is -0.139. The molecule has 1 heterocycles. The zero-order valence-corrected chi connectivity index (χ0v) is 10.3. The predicted molar refractivity (Wildman–Crippen MR) is 68.5 cm³/mol. The van der Waals surface area contributed by atoms with Crippen LogP contribution in [0.5, 0.6) is 0 Å². The molecule has 1 amide bonds. The largest absolute Gasteiger partial charge is 0.479 e. The fourth-order valence-electron chi connectivity index (χ4n) is 1.68. The van der Waals surface area contributed by atoms with E-state index in [1.165, 1.54) is 36.7 Å². The number of nitrogens with zero attached hydrogens (tertiary/aromatic N) is 1. The minimum Gasteiger partial charge on any atom is -0.479 e. The molecule has 2 rings (SSSR count). The van der Waals surface area contributed by atoms with E-state index in [1.807, 2.05) is 0 Å². The first kappa shape index (κ1) is 13.7. The lowest BCUT2D eigenvalue weighted by Crippen LogP contribution is -2.33. The summed E-state index contributed by atoms with van der Waals surface area (Å²) < 4.78 is 13.0. The molecule has 0 aliphatic rings. The minimum absolute atomic E-state index is 0.0557. The third-order valence-electron chi connectivity index (χ3n) is 2.63. The lowest BCUT2D eigenvalue weighted by atomic mass is 10.1. The van der Waals surface area contributed by atoms with E-state index in [4.69, 9.17) is 5.11 Å². The highest BCUT2D eigenvalue weighted by atomic mass is 19.1. The Kier molecular flexibility index (Phi) is 4.05. The number of carbonyl (C=O) groups is 2. The van der Waals surface area contributed by atoms with Gasteiger partial charge >= 0.3 is 5.97 Å². The van der Waals surface area contributed by atoms with Gasteiger partial charge in [0.05, 0.1) is 0 Å². The van der Waals surface area contributed by atoms with Gasteiger partial charge in [0.25, 0.3) is 5.91 Å². The van der Waals surface area contributed by atoms with E-state index in [-0.39, 0.29) is 5.56 Å². The van der Waals surface area contributed by atoms with Gasteiger partial charge in [0.2, 0.25) is 0 Å². The Balaban J connectivity index is 2.21. The SMILES string of the molecule is O=C(NC(C(=O)O)c1cccnc1)c1cccc(F)c1. The van der Waals surface area contributed by atoms with Gasteiger partial charge in [-0.25, -0.2) is 9.18 Å². The third kappa shape index (κ3) is 3.17. The number of aliphatic carboxylic acids is 1. The topological polar surface area (TPSA) is 79.3 Å². The van der Waals surface area contributed by atoms with Crippen LogP contribution in [0.3, 0.4) is 0 Å². The van der Waals surface area contributed by atoms with Crippen molar-refractivity contribution in [2.24, 2.45) is 0 Å². The summed E-state index contributed by atoms with van der Waals surface area (Å²) in [5, 5.41) is 11.5. The summed E-state index contributed by atoms with van der Waals surface area (Å²) in [6, 6.07) is 6.89. The van der Waals surface area contributed by atoms with Crippen molar-refractivity contribution in [1.29, 1.82) is 0 Å². The molecular formula is C14H11FN2O3. The maximum absolute atomic E-state index is 13.0. The van der Waals surface area contributed by atoms with Gasteiger partial charge in [-0.2, -0.15) is 0 Å². The number of hydrogen-bond donors (Lipinski definition) is 2. The molecule has 1 aromatic carbocycles. The first-order valence-electron chi connectivity index (χ1n) is 5.77. The quantitative estimate of drug-likeness (QED) is 0.890. The Morgan fingerprint density at radius 2 is 2.05 bits per heavy atom. The standard InChI is InChI=1S/C14H11FN2O3/c15-11-5-1-3-9(7-11)13(18)17-12(14(19)20)10-4-2-6-16-8-10/h1-8,12H,(H,17,18)(H,19,20). The van der Waals surface area contributed by atoms with Crippen LogP contribution in [-0.4, -0.2) is 22.0 Å². The predicted octanol–water partition coefficient (Wildman–Crippen LogP) is 1.78. The molecule has 0 saturated carbocycles. The normalized spacial score (nSPS) is 11.7. The molecule has 20 heavy (non-hydrogen) atoms. The van der Waals surface area contributed by atoms with E-state index in [9.17, 15) is 14.0 Å². The average molecular weight is 274 g/mol. The van der Waals surface area contributed by atoms with E-state index in [1.54, 1.807) is 6.07 Å². The van der Waals surface area contributed by atoms with E-state index < -0.39 is 23.7 Å². The molecule has 0 aliphatic carbocycles. The molecule has 0 aliphatic heterocycles. The van der Waals surface area contributed by atoms with Crippen molar-refractivity contribution in [2.45, 2.75) is 6.04 Å². The number of carboxylic acid groups (broad SMARTS) is 1. The maximum atomic E-state index is 13.0. The van der Waals surface area contributed by atoms with Gasteiger partial charge in [0.15, 0.2) is 6.04 Å². The highest BCUT2D eigenvalue weighted by molar-refractivity contribution is 5.96. The summed E-state index contributed by atoms with van der Waals surface area (Å²) in [4.78, 5) is 26.9. The van der Waals surface area contributed by atoms with Crippen LogP contribution in [0, 0.1) is 5.82 Å². The fraction of sp³-hybridized carbons (Fsp3) is 0.0714. The number of carboxylic acids is 1. The van der Waals surface area contributed by atoms with Crippen molar-refractivity contribution in [3.8, 4) is 0 Å². The summed E-state index contributed by atoms with van der Waals surface area (Å²) in [6.45, 7) is 0. The molecule has 0 saturated heterocycles. The Hall–Kier alpha value is -2.76. The van der Waals surface area contributed by atoms with Gasteiger partial charge in [-0.1, -0.05) is 12.1 Å². The van der Waals surface area contributed by atoms with Crippen LogP contribution in [0.2, 0.25) is 0 Å². The number of carbonyl (C=O) groups excluding carboxylic acids is 1. The van der Waals surface area contributed by atoms with E-state index in [2.05, 4.69) is 10.3 Å². The number of amides is 1. The number of hydrogen-bond acceptors (Lipinski definition) is 3. The number of halogens is 1. The van der Waals surface area contributed by atoms with Crippen LogP contribution in [0.1, 0.15) is 22.0 Å². The number of aromatic nitrogens is 1. The van der Waals surface area contributed by atoms with Gasteiger partial charge in [-0.15, -0.1) is 0 Å². The molecule has 1 aromatic heterocycles. The second-order valence-corrected chi connectivity index (χ2v) is 4.04. The van der Waals surface area contributed by atoms with Crippen molar-refractivity contribution >= 4 is 11.9 Å². The molecule has 0 spiro atoms. The number of pyridine rings is 1. The fourth-order valence-corrected chi connectivity index (χ4v) is 1.68. The first-order chi connectivity index (χ1) is 9.58. The third-order valence-corrected chi connectivity index (χ3v) is 2.63. The molecule has 0 fully saturated rings. The number of nitrogens with one attached hydrogen (secondary N) is 1. The molecule has 2 N–H and O–H groups in total. The summed E-state index contributed by atoms with van der Waals surface area (Å²) in [6.07, 6.45) is 2.85. The second-order valence-electron chi connectivity index (χ2n) is 4.04. The molecule has 2 aromatic rings. The molecule has 1 atom stereocenters. The van der Waals surface area contributed by atoms with Crippen molar-refractivity contribution in [2.75, 3.05) is 0 Å². The van der Waals surface area contributed by atoms with Crippen molar-refractivity contribution in [3.63, 3.8) is 0 Å². The van der Waals surface area contributed by atoms with Crippen LogP contribution in [0.4, 0.5) is 4.39 Å². The Labute approximate surface area is 114 Å². The minimum atomic E-state index is -1.24. The van der Waals surface area contributed by atoms with Crippen LogP contribution >= 0.6 is 0 Å². The smallest absolute Gasteiger partial charge is 0.330 e. The molecule has 6 heteroatoms. The summed E-state index contributed by atoms with van der Waals surface area (Å²) in [5.41, 5.74) is 0.393. The second kappa shape index (κ2) is 5.92. The lowest BCUT2D eigenvalue weighted by Gasteiger charge is -2.14. The van der Waals surface area contributed by atoms with Crippen molar-refractivity contribution < 1.29 is 19.1 Å². The molecule has 102 valence electrons. The summed E-state index contributed by atoms with van der Waals surface area (Å²) in [7, 11) is 0. The Bertz CT molecular complexity index is 631. The van der Waals surface area contributed by atoms with Gasteiger partial charge < -0.3 is 10.4 Å². The first-order valence-corrected chi connectivity index (χ1v) is 5.77.